The highest BCUT2D eigenvalue weighted by atomic mass is 79.9. The Bertz CT molecular complexity index is 1200. The molecule has 35 heavy (non-hydrogen) atoms. The van der Waals surface area contributed by atoms with Crippen LogP contribution in [-0.4, -0.2) is 24.3 Å². The van der Waals surface area contributed by atoms with Crippen molar-refractivity contribution in [3.63, 3.8) is 0 Å². The molecule has 3 aromatic rings. The fraction of sp³-hybridized carbons (Fsp3) is 0.222. The van der Waals surface area contributed by atoms with Gasteiger partial charge in [0.1, 0.15) is 5.75 Å². The molecule has 0 saturated carbocycles. The fourth-order valence-corrected chi connectivity index (χ4v) is 3.74. The van der Waals surface area contributed by atoms with Crippen LogP contribution in [0.4, 0.5) is 5.69 Å². The molecule has 0 saturated heterocycles. The van der Waals surface area contributed by atoms with Gasteiger partial charge in [-0.1, -0.05) is 64.0 Å². The number of hydrazine groups is 1. The molecule has 0 heterocycles. The van der Waals surface area contributed by atoms with Gasteiger partial charge in [-0.15, -0.1) is 0 Å². The van der Waals surface area contributed by atoms with Crippen molar-refractivity contribution in [1.29, 1.82) is 0 Å². The van der Waals surface area contributed by atoms with Crippen LogP contribution in [0.1, 0.15) is 39.9 Å². The lowest BCUT2D eigenvalue weighted by Gasteiger charge is -2.13. The summed E-state index contributed by atoms with van der Waals surface area (Å²) >= 11 is 3.36. The molecule has 3 amide bonds. The molecule has 3 N–H and O–H groups in total. The molecule has 0 aromatic heterocycles. The maximum atomic E-state index is 12.7. The molecular formula is C27H28BrN3O4. The van der Waals surface area contributed by atoms with Gasteiger partial charge >= 0.3 is 0 Å². The van der Waals surface area contributed by atoms with Gasteiger partial charge < -0.3 is 10.1 Å². The van der Waals surface area contributed by atoms with E-state index in [2.05, 4.69) is 32.1 Å². The first-order valence-electron chi connectivity index (χ1n) is 11.2. The van der Waals surface area contributed by atoms with Gasteiger partial charge in [0, 0.05) is 29.4 Å². The van der Waals surface area contributed by atoms with E-state index in [0.717, 1.165) is 16.7 Å². The molecule has 0 fully saturated rings. The Kier molecular flexibility index (Phi) is 9.43. The third kappa shape index (κ3) is 8.26. The molecule has 0 bridgehead atoms. The summed E-state index contributed by atoms with van der Waals surface area (Å²) in [6.45, 7) is 4.28. The van der Waals surface area contributed by atoms with Gasteiger partial charge in [-0.3, -0.25) is 25.2 Å². The van der Waals surface area contributed by atoms with Crippen LogP contribution < -0.4 is 20.9 Å². The molecule has 182 valence electrons. The molecular weight excluding hydrogens is 510 g/mol. The van der Waals surface area contributed by atoms with E-state index in [4.69, 9.17) is 4.74 Å². The Balaban J connectivity index is 1.47. The highest BCUT2D eigenvalue weighted by Crippen LogP contribution is 2.23. The second-order valence-electron chi connectivity index (χ2n) is 8.09. The molecule has 0 aliphatic carbocycles. The first-order chi connectivity index (χ1) is 16.8. The molecule has 0 unspecified atom stereocenters. The number of carbonyl (C=O) groups is 3. The van der Waals surface area contributed by atoms with E-state index in [1.54, 1.807) is 18.2 Å². The van der Waals surface area contributed by atoms with Crippen molar-refractivity contribution >= 4 is 39.3 Å². The summed E-state index contributed by atoms with van der Waals surface area (Å²) in [6.07, 6.45) is 0.606. The first-order valence-corrected chi connectivity index (χ1v) is 12.0. The Morgan fingerprint density at radius 2 is 1.60 bits per heavy atom. The summed E-state index contributed by atoms with van der Waals surface area (Å²) in [7, 11) is 0. The number of amides is 3. The van der Waals surface area contributed by atoms with E-state index >= 15 is 0 Å². The number of benzene rings is 3. The minimum atomic E-state index is -0.519. The number of hydrogen-bond donors (Lipinski definition) is 3. The van der Waals surface area contributed by atoms with Crippen LogP contribution >= 0.6 is 15.9 Å². The Labute approximate surface area is 213 Å². The predicted octanol–water partition coefficient (Wildman–Crippen LogP) is 4.87. The van der Waals surface area contributed by atoms with Crippen LogP contribution in [0.3, 0.4) is 0 Å². The SMILES string of the molecule is Cc1ccc(NC(=O)CCC(=O)NNC(=O)c2cc(Br)ccc2OCCc2ccccc2)c(C)c1. The third-order valence-corrected chi connectivity index (χ3v) is 5.72. The van der Waals surface area contributed by atoms with Crippen LogP contribution in [0.5, 0.6) is 5.75 Å². The zero-order valence-electron chi connectivity index (χ0n) is 19.7. The van der Waals surface area contributed by atoms with Crippen molar-refractivity contribution < 1.29 is 19.1 Å². The number of carbonyl (C=O) groups excluding carboxylic acids is 3. The number of ether oxygens (including phenoxy) is 1. The number of hydrogen-bond acceptors (Lipinski definition) is 4. The summed E-state index contributed by atoms with van der Waals surface area (Å²) in [5, 5.41) is 2.80. The smallest absolute Gasteiger partial charge is 0.273 e. The second-order valence-corrected chi connectivity index (χ2v) is 9.01. The normalized spacial score (nSPS) is 10.4. The molecule has 0 radical (unpaired) electrons. The standard InChI is InChI=1S/C27H28BrN3O4/c1-18-8-10-23(19(2)16-18)29-25(32)12-13-26(33)30-31-27(34)22-17-21(28)9-11-24(22)35-15-14-20-6-4-3-5-7-20/h3-11,16-17H,12-15H2,1-2H3,(H,29,32)(H,30,33)(H,31,34). The third-order valence-electron chi connectivity index (χ3n) is 5.23. The molecule has 8 heteroatoms. The summed E-state index contributed by atoms with van der Waals surface area (Å²) in [4.78, 5) is 37.1. The Morgan fingerprint density at radius 1 is 0.857 bits per heavy atom. The van der Waals surface area contributed by atoms with Crippen LogP contribution in [0.15, 0.2) is 71.2 Å². The molecule has 0 atom stereocenters. The number of halogens is 1. The van der Waals surface area contributed by atoms with Crippen molar-refractivity contribution in [1.82, 2.24) is 10.9 Å². The van der Waals surface area contributed by atoms with Crippen LogP contribution in [0, 0.1) is 13.8 Å². The van der Waals surface area contributed by atoms with E-state index in [-0.39, 0.29) is 24.3 Å². The van der Waals surface area contributed by atoms with Gasteiger partial charge in [-0.05, 0) is 49.2 Å². The van der Waals surface area contributed by atoms with Crippen LogP contribution in [0.25, 0.3) is 0 Å². The summed E-state index contributed by atoms with van der Waals surface area (Å²) < 4.78 is 6.53. The monoisotopic (exact) mass is 537 g/mol. The number of aryl methyl sites for hydroxylation is 2. The van der Waals surface area contributed by atoms with Crippen molar-refractivity contribution in [3.8, 4) is 5.75 Å². The quantitative estimate of drug-likeness (QED) is 0.339. The van der Waals surface area contributed by atoms with Gasteiger partial charge in [0.25, 0.3) is 5.91 Å². The largest absolute Gasteiger partial charge is 0.492 e. The van der Waals surface area contributed by atoms with Gasteiger partial charge in [0.15, 0.2) is 0 Å². The van der Waals surface area contributed by atoms with Crippen molar-refractivity contribution in [2.75, 3.05) is 11.9 Å². The molecule has 3 rings (SSSR count). The molecule has 0 aliphatic rings. The average molecular weight is 538 g/mol. The van der Waals surface area contributed by atoms with E-state index in [1.807, 2.05) is 62.4 Å². The molecule has 0 aliphatic heterocycles. The molecule has 7 nitrogen and oxygen atoms in total. The number of rotatable bonds is 9. The second kappa shape index (κ2) is 12.7. The van der Waals surface area contributed by atoms with Gasteiger partial charge in [-0.25, -0.2) is 0 Å². The van der Waals surface area contributed by atoms with E-state index in [1.165, 1.54) is 0 Å². The first kappa shape index (κ1) is 26.0. The van der Waals surface area contributed by atoms with Crippen LogP contribution in [0.2, 0.25) is 0 Å². The number of anilines is 1. The van der Waals surface area contributed by atoms with Crippen LogP contribution in [-0.2, 0) is 16.0 Å². The van der Waals surface area contributed by atoms with Crippen molar-refractivity contribution in [3.05, 3.63) is 93.5 Å². The summed E-state index contributed by atoms with van der Waals surface area (Å²) in [5.74, 6) is -0.868. The van der Waals surface area contributed by atoms with Gasteiger partial charge in [-0.2, -0.15) is 0 Å². The molecule has 3 aromatic carbocycles. The van der Waals surface area contributed by atoms with Gasteiger partial charge in [0.2, 0.25) is 11.8 Å². The van der Waals surface area contributed by atoms with Crippen molar-refractivity contribution in [2.24, 2.45) is 0 Å². The average Bonchev–Trinajstić information content (AvgIpc) is 2.84. The topological polar surface area (TPSA) is 96.5 Å². The van der Waals surface area contributed by atoms with Crippen molar-refractivity contribution in [2.45, 2.75) is 33.1 Å². The minimum absolute atomic E-state index is 0.0141. The highest BCUT2D eigenvalue weighted by Gasteiger charge is 2.15. The maximum absolute atomic E-state index is 12.7. The number of nitrogens with one attached hydrogen (secondary N) is 3. The highest BCUT2D eigenvalue weighted by molar-refractivity contribution is 9.10. The zero-order chi connectivity index (χ0) is 25.2. The lowest BCUT2D eigenvalue weighted by atomic mass is 10.1. The maximum Gasteiger partial charge on any atom is 0.273 e. The summed E-state index contributed by atoms with van der Waals surface area (Å²) in [5.41, 5.74) is 8.92. The predicted molar refractivity (Wildman–Crippen MR) is 139 cm³/mol. The van der Waals surface area contributed by atoms with E-state index < -0.39 is 11.8 Å². The van der Waals surface area contributed by atoms with E-state index in [0.29, 0.717) is 28.9 Å². The van der Waals surface area contributed by atoms with E-state index in [9.17, 15) is 14.4 Å². The van der Waals surface area contributed by atoms with Gasteiger partial charge in [0.05, 0.1) is 12.2 Å². The summed E-state index contributed by atoms with van der Waals surface area (Å²) in [6, 6.07) is 20.7. The lowest BCUT2D eigenvalue weighted by Crippen LogP contribution is -2.42. The minimum Gasteiger partial charge on any atom is -0.492 e. The lowest BCUT2D eigenvalue weighted by molar-refractivity contribution is -0.124. The Morgan fingerprint density at radius 3 is 2.34 bits per heavy atom. The molecule has 0 spiro atoms. The zero-order valence-corrected chi connectivity index (χ0v) is 21.3. The Hall–Kier alpha value is -3.65. The fourth-order valence-electron chi connectivity index (χ4n) is 3.38.